The van der Waals surface area contributed by atoms with E-state index in [2.05, 4.69) is 10.3 Å². The molecule has 0 saturated heterocycles. The number of rotatable bonds is 3. The smallest absolute Gasteiger partial charge is 0.287 e. The van der Waals surface area contributed by atoms with E-state index < -0.39 is 16.6 Å². The van der Waals surface area contributed by atoms with Gasteiger partial charge in [-0.15, -0.1) is 0 Å². The zero-order chi connectivity index (χ0) is 14.7. The molecule has 0 aliphatic rings. The summed E-state index contributed by atoms with van der Waals surface area (Å²) in [7, 11) is 0. The van der Waals surface area contributed by atoms with Crippen molar-refractivity contribution in [3.8, 4) is 0 Å². The molecule has 0 spiro atoms. The molecule has 1 aromatic carbocycles. The highest BCUT2D eigenvalue weighted by Crippen LogP contribution is 2.25. The summed E-state index contributed by atoms with van der Waals surface area (Å²) >= 11 is 5.70. The quantitative estimate of drug-likeness (QED) is 0.696. The minimum Gasteiger partial charge on any atom is -0.319 e. The Kier molecular flexibility index (Phi) is 3.90. The summed E-state index contributed by atoms with van der Waals surface area (Å²) in [4.78, 5) is 25.4. The maximum Gasteiger partial charge on any atom is 0.287 e. The van der Waals surface area contributed by atoms with Gasteiger partial charge in [0.2, 0.25) is 0 Å². The van der Waals surface area contributed by atoms with Gasteiger partial charge in [-0.25, -0.2) is 4.39 Å². The van der Waals surface area contributed by atoms with Gasteiger partial charge in [-0.3, -0.25) is 19.9 Å². The first-order valence-electron chi connectivity index (χ1n) is 5.34. The fraction of sp³-hybridized carbons (Fsp3) is 0. The second-order valence-corrected chi connectivity index (χ2v) is 4.14. The number of halogens is 2. The number of nitro groups is 1. The van der Waals surface area contributed by atoms with E-state index in [4.69, 9.17) is 11.6 Å². The second kappa shape index (κ2) is 5.62. The Balaban J connectivity index is 2.24. The van der Waals surface area contributed by atoms with Crippen molar-refractivity contribution in [2.45, 2.75) is 0 Å². The number of nitrogens with zero attached hydrogens (tertiary/aromatic N) is 2. The number of carbonyl (C=O) groups is 1. The number of pyridine rings is 1. The Hall–Kier alpha value is -2.54. The molecule has 0 aliphatic carbocycles. The summed E-state index contributed by atoms with van der Waals surface area (Å²) in [5.41, 5.74) is -0.269. The van der Waals surface area contributed by atoms with Gasteiger partial charge in [-0.1, -0.05) is 11.6 Å². The monoisotopic (exact) mass is 295 g/mol. The lowest BCUT2D eigenvalue weighted by molar-refractivity contribution is -0.384. The lowest BCUT2D eigenvalue weighted by atomic mass is 10.2. The lowest BCUT2D eigenvalue weighted by Gasteiger charge is -2.06. The molecule has 0 saturated carbocycles. The number of carbonyl (C=O) groups excluding carboxylic acids is 1. The summed E-state index contributed by atoms with van der Waals surface area (Å²) in [6.07, 6.45) is 2.28. The summed E-state index contributed by atoms with van der Waals surface area (Å²) in [6, 6.07) is 4.78. The van der Waals surface area contributed by atoms with Crippen molar-refractivity contribution < 1.29 is 14.1 Å². The third-order valence-corrected chi connectivity index (χ3v) is 2.73. The molecule has 0 atom stereocenters. The maximum atomic E-state index is 13.3. The number of benzene rings is 1. The number of hydrogen-bond donors (Lipinski definition) is 1. The minimum atomic E-state index is -0.686. The van der Waals surface area contributed by atoms with Gasteiger partial charge in [0.15, 0.2) is 5.82 Å². The third-order valence-electron chi connectivity index (χ3n) is 2.43. The lowest BCUT2D eigenvalue weighted by Crippen LogP contribution is -2.13. The molecule has 1 amide bonds. The molecule has 2 aromatic rings. The van der Waals surface area contributed by atoms with Crippen molar-refractivity contribution >= 4 is 28.9 Å². The van der Waals surface area contributed by atoms with Gasteiger partial charge in [-0.05, 0) is 18.2 Å². The molecule has 6 nitrogen and oxygen atoms in total. The Bertz CT molecular complexity index is 693. The molecule has 1 N–H and O–H groups in total. The standard InChI is InChI=1S/C12H7ClFN3O3/c13-8-5-7(1-2-11(8)17(19)20)12(18)16-10-3-4-15-6-9(10)14/h1-6H,(H,15,16,18). The predicted octanol–water partition coefficient (Wildman–Crippen LogP) is 3.03. The number of hydrogen-bond acceptors (Lipinski definition) is 4. The second-order valence-electron chi connectivity index (χ2n) is 3.73. The fourth-order valence-corrected chi connectivity index (χ4v) is 1.72. The molecule has 102 valence electrons. The van der Waals surface area contributed by atoms with E-state index in [9.17, 15) is 19.3 Å². The van der Waals surface area contributed by atoms with Crippen LogP contribution in [0, 0.1) is 15.9 Å². The average molecular weight is 296 g/mol. The van der Waals surface area contributed by atoms with Crippen LogP contribution in [-0.2, 0) is 0 Å². The van der Waals surface area contributed by atoms with Gasteiger partial charge in [0.25, 0.3) is 11.6 Å². The van der Waals surface area contributed by atoms with Crippen LogP contribution in [0.3, 0.4) is 0 Å². The van der Waals surface area contributed by atoms with Gasteiger partial charge in [0.1, 0.15) is 5.02 Å². The molecule has 0 unspecified atom stereocenters. The van der Waals surface area contributed by atoms with E-state index >= 15 is 0 Å². The molecule has 0 bridgehead atoms. The van der Waals surface area contributed by atoms with E-state index in [0.29, 0.717) is 0 Å². The van der Waals surface area contributed by atoms with Crippen LogP contribution < -0.4 is 5.32 Å². The SMILES string of the molecule is O=C(Nc1ccncc1F)c1ccc([N+](=O)[O-])c(Cl)c1. The van der Waals surface area contributed by atoms with E-state index in [1.54, 1.807) is 0 Å². The van der Waals surface area contributed by atoms with Crippen LogP contribution >= 0.6 is 11.6 Å². The topological polar surface area (TPSA) is 85.1 Å². The number of anilines is 1. The minimum absolute atomic E-state index is 0.0422. The summed E-state index contributed by atoms with van der Waals surface area (Å²) < 4.78 is 13.3. The van der Waals surface area contributed by atoms with E-state index in [1.807, 2.05) is 0 Å². The number of amides is 1. The Morgan fingerprint density at radius 1 is 1.40 bits per heavy atom. The van der Waals surface area contributed by atoms with Crippen LogP contribution in [-0.4, -0.2) is 15.8 Å². The van der Waals surface area contributed by atoms with Gasteiger partial charge in [-0.2, -0.15) is 0 Å². The van der Waals surface area contributed by atoms with E-state index in [0.717, 1.165) is 18.3 Å². The van der Waals surface area contributed by atoms with Crippen molar-refractivity contribution in [1.82, 2.24) is 4.98 Å². The summed E-state index contributed by atoms with van der Waals surface area (Å²) in [6.45, 7) is 0. The normalized spacial score (nSPS) is 10.1. The van der Waals surface area contributed by atoms with Gasteiger partial charge in [0.05, 0.1) is 16.8 Å². The highest BCUT2D eigenvalue weighted by atomic mass is 35.5. The zero-order valence-corrected chi connectivity index (χ0v) is 10.6. The van der Waals surface area contributed by atoms with Crippen molar-refractivity contribution in [1.29, 1.82) is 0 Å². The molecule has 8 heteroatoms. The molecule has 20 heavy (non-hydrogen) atoms. The van der Waals surface area contributed by atoms with Gasteiger partial charge < -0.3 is 5.32 Å². The van der Waals surface area contributed by atoms with Crippen LogP contribution in [0.5, 0.6) is 0 Å². The van der Waals surface area contributed by atoms with Crippen molar-refractivity contribution in [2.75, 3.05) is 5.32 Å². The van der Waals surface area contributed by atoms with Crippen LogP contribution in [0.4, 0.5) is 15.8 Å². The van der Waals surface area contributed by atoms with Crippen LogP contribution in [0.25, 0.3) is 0 Å². The molecule has 0 fully saturated rings. The number of nitrogens with one attached hydrogen (secondary N) is 1. The highest BCUT2D eigenvalue weighted by Gasteiger charge is 2.16. The van der Waals surface area contributed by atoms with Gasteiger partial charge >= 0.3 is 0 Å². The predicted molar refractivity (Wildman–Crippen MR) is 70.3 cm³/mol. The molecule has 2 rings (SSSR count). The van der Waals surface area contributed by atoms with Crippen molar-refractivity contribution in [3.63, 3.8) is 0 Å². The molecule has 0 radical (unpaired) electrons. The Morgan fingerprint density at radius 3 is 2.75 bits per heavy atom. The first-order valence-corrected chi connectivity index (χ1v) is 5.71. The van der Waals surface area contributed by atoms with Crippen molar-refractivity contribution in [3.05, 3.63) is 63.2 Å². The van der Waals surface area contributed by atoms with Crippen LogP contribution in [0.2, 0.25) is 5.02 Å². The van der Waals surface area contributed by atoms with Gasteiger partial charge in [0, 0.05) is 17.8 Å². The van der Waals surface area contributed by atoms with Crippen molar-refractivity contribution in [2.24, 2.45) is 0 Å². The van der Waals surface area contributed by atoms with Crippen LogP contribution in [0.15, 0.2) is 36.7 Å². The largest absolute Gasteiger partial charge is 0.319 e. The molecule has 1 heterocycles. The first-order chi connectivity index (χ1) is 9.49. The molecular formula is C12H7ClFN3O3. The molecular weight excluding hydrogens is 289 g/mol. The number of aromatic nitrogens is 1. The number of nitro benzene ring substituents is 1. The van der Waals surface area contributed by atoms with E-state index in [1.165, 1.54) is 18.3 Å². The fourth-order valence-electron chi connectivity index (χ4n) is 1.47. The van der Waals surface area contributed by atoms with E-state index in [-0.39, 0.29) is 22.0 Å². The molecule has 0 aliphatic heterocycles. The molecule has 1 aromatic heterocycles. The Labute approximate surface area is 117 Å². The first kappa shape index (κ1) is 13.9. The maximum absolute atomic E-state index is 13.3. The Morgan fingerprint density at radius 2 is 2.15 bits per heavy atom. The van der Waals surface area contributed by atoms with Crippen LogP contribution in [0.1, 0.15) is 10.4 Å². The summed E-state index contributed by atoms with van der Waals surface area (Å²) in [5, 5.41) is 12.8. The highest BCUT2D eigenvalue weighted by molar-refractivity contribution is 6.33. The third kappa shape index (κ3) is 2.89. The average Bonchev–Trinajstić information content (AvgIpc) is 2.40. The zero-order valence-electron chi connectivity index (χ0n) is 9.84. The summed E-state index contributed by atoms with van der Waals surface area (Å²) in [5.74, 6) is -1.32.